The van der Waals surface area contributed by atoms with Gasteiger partial charge in [0.2, 0.25) is 5.52 Å². The largest absolute Gasteiger partial charge is 0.416 e. The van der Waals surface area contributed by atoms with Crippen molar-refractivity contribution in [2.75, 3.05) is 0 Å². The topological polar surface area (TPSA) is 13.1 Å². The van der Waals surface area contributed by atoms with Gasteiger partial charge in [0.15, 0.2) is 6.54 Å². The minimum absolute atomic E-state index is 0.691. The fourth-order valence-electron chi connectivity index (χ4n) is 8.96. The van der Waals surface area contributed by atoms with E-state index in [0.717, 1.165) is 28.2 Å². The molecule has 0 saturated heterocycles. The molecule has 82 heavy (non-hydrogen) atoms. The Bertz CT molecular complexity index is 3160. The van der Waals surface area contributed by atoms with E-state index in [2.05, 4.69) is 75.1 Å². The van der Waals surface area contributed by atoms with E-state index in [-0.39, 0.29) is 0 Å². The number of alkyl halides is 24. The molecule has 0 aliphatic carbocycles. The molecule has 1 aromatic heterocycles. The van der Waals surface area contributed by atoms with E-state index in [9.17, 15) is 105 Å². The lowest BCUT2D eigenvalue weighted by molar-refractivity contribution is -0.666. The van der Waals surface area contributed by atoms with Crippen LogP contribution < -0.4 is 31.2 Å². The van der Waals surface area contributed by atoms with Crippen LogP contribution in [0.3, 0.4) is 0 Å². The zero-order valence-corrected chi connectivity index (χ0v) is 41.8. The SMILES string of the molecule is Brc1ccc(Oc2ccc3ccccc3[n+]2Cc2ccccc2)cc1.FC(F)(F)c1cc([B-](c2cc(C(F)(F)F)cc(C(F)(F)F)c2)(c2cc(C(F)(F)F)cc(C(F)(F)F)c2)c2cc(C(F)(F)F)cc(C(F)(F)F)c2)cc(C(F)(F)F)c1. The first kappa shape index (κ1) is 62.2. The van der Waals surface area contributed by atoms with Crippen LogP contribution in [-0.2, 0) is 56.0 Å². The maximum atomic E-state index is 14.2. The van der Waals surface area contributed by atoms with Crippen molar-refractivity contribution in [1.82, 2.24) is 0 Å². The molecule has 0 saturated carbocycles. The highest BCUT2D eigenvalue weighted by atomic mass is 79.9. The molecule has 0 spiro atoms. The lowest BCUT2D eigenvalue weighted by Gasteiger charge is -2.46. The molecule has 0 radical (unpaired) electrons. The van der Waals surface area contributed by atoms with Gasteiger partial charge in [-0.3, -0.25) is 0 Å². The third kappa shape index (κ3) is 14.1. The van der Waals surface area contributed by atoms with Crippen LogP contribution in [0.1, 0.15) is 50.1 Å². The average molecular weight is 1250 g/mol. The molecule has 7 aromatic carbocycles. The van der Waals surface area contributed by atoms with Crippen molar-refractivity contribution in [1.29, 1.82) is 0 Å². The van der Waals surface area contributed by atoms with Gasteiger partial charge in [0.25, 0.3) is 0 Å². The number of rotatable bonds is 8. The van der Waals surface area contributed by atoms with Crippen molar-refractivity contribution in [2.45, 2.75) is 56.0 Å². The molecule has 8 rings (SSSR count). The van der Waals surface area contributed by atoms with Gasteiger partial charge in [-0.25, -0.2) is 0 Å². The van der Waals surface area contributed by atoms with Gasteiger partial charge < -0.3 is 4.74 Å². The Kier molecular flexibility index (Phi) is 16.7. The first-order valence-electron chi connectivity index (χ1n) is 22.8. The molecule has 2 nitrogen and oxygen atoms in total. The van der Waals surface area contributed by atoms with E-state index >= 15 is 0 Å². The van der Waals surface area contributed by atoms with Gasteiger partial charge in [0.1, 0.15) is 11.9 Å². The molecule has 1 heterocycles. The Morgan fingerprint density at radius 1 is 0.329 bits per heavy atom. The third-order valence-corrected chi connectivity index (χ3v) is 13.1. The van der Waals surface area contributed by atoms with Gasteiger partial charge >= 0.3 is 55.3 Å². The number of hydrogen-bond acceptors (Lipinski definition) is 1. The fraction of sp³-hybridized carbons (Fsp3) is 0.167. The average Bonchev–Trinajstić information content (AvgIpc) is 3.37. The number of hydrogen-bond donors (Lipinski definition) is 0. The number of ether oxygens (including phenoxy) is 1. The molecular formula is C54H29BBrF24NO. The summed E-state index contributed by atoms with van der Waals surface area (Å²) in [4.78, 5) is 0. The number of nitrogens with zero attached hydrogens (tertiary/aromatic N) is 1. The summed E-state index contributed by atoms with van der Waals surface area (Å²) < 4.78 is 350. The molecule has 0 atom stereocenters. The highest BCUT2D eigenvalue weighted by Crippen LogP contribution is 2.42. The van der Waals surface area contributed by atoms with E-state index < -0.39 is 195 Å². The Morgan fingerprint density at radius 2 is 0.622 bits per heavy atom. The zero-order valence-electron chi connectivity index (χ0n) is 40.2. The molecule has 8 aromatic rings. The number of fused-ring (bicyclic) bond motifs is 1. The summed E-state index contributed by atoms with van der Waals surface area (Å²) in [6, 6.07) is 22.0. The molecule has 0 aliphatic heterocycles. The third-order valence-electron chi connectivity index (χ3n) is 12.6. The summed E-state index contributed by atoms with van der Waals surface area (Å²) in [7, 11) is 0. The second-order valence-corrected chi connectivity index (χ2v) is 19.0. The molecule has 0 amide bonds. The van der Waals surface area contributed by atoms with E-state index in [1.54, 1.807) is 0 Å². The standard InChI is InChI=1S/C32H12BF24.C22H17BrNO/c34-25(35,36)13-1-14(26(37,38)39)6-21(5-13)33(22-7-15(27(40,41)42)2-16(8-22)28(43,44)45,23-9-17(29(46,47)48)3-18(10-23)30(49,50)51)24-11-19(31(52,53)54)4-20(12-24)32(55,56)57;23-19-11-13-20(14-12-19)25-22-15-10-18-8-4-5-9-21(18)24(22)16-17-6-2-1-3-7-17/h1-12H;1-15H,16H2/q-1;+1. The predicted octanol–water partition coefficient (Wildman–Crippen LogP) is 16.9. The monoisotopic (exact) mass is 1250 g/mol. The maximum Gasteiger partial charge on any atom is 0.416 e. The number of aromatic nitrogens is 1. The van der Waals surface area contributed by atoms with Crippen molar-refractivity contribution >= 4 is 54.8 Å². The molecule has 28 heteroatoms. The Morgan fingerprint density at radius 3 is 0.927 bits per heavy atom. The van der Waals surface area contributed by atoms with E-state index in [1.807, 2.05) is 36.4 Å². The Labute approximate surface area is 454 Å². The quantitative estimate of drug-likeness (QED) is 0.0840. The predicted molar refractivity (Wildman–Crippen MR) is 254 cm³/mol. The minimum Gasteiger partial charge on any atom is -0.405 e. The van der Waals surface area contributed by atoms with Gasteiger partial charge in [0, 0.05) is 21.5 Å². The fourth-order valence-corrected chi connectivity index (χ4v) is 9.22. The van der Waals surface area contributed by atoms with Gasteiger partial charge in [-0.2, -0.15) is 132 Å². The molecule has 0 fully saturated rings. The normalized spacial score (nSPS) is 13.2. The summed E-state index contributed by atoms with van der Waals surface area (Å²) in [5.74, 6) is 1.64. The van der Waals surface area contributed by atoms with Crippen molar-refractivity contribution in [3.63, 3.8) is 0 Å². The summed E-state index contributed by atoms with van der Waals surface area (Å²) in [6.07, 6.45) is -54.8. The van der Waals surface area contributed by atoms with Crippen molar-refractivity contribution in [2.24, 2.45) is 0 Å². The van der Waals surface area contributed by atoms with Gasteiger partial charge in [-0.05, 0) is 60.7 Å². The van der Waals surface area contributed by atoms with Crippen molar-refractivity contribution in [3.8, 4) is 11.6 Å². The van der Waals surface area contributed by atoms with Gasteiger partial charge in [-0.15, -0.1) is 0 Å². The van der Waals surface area contributed by atoms with Crippen LogP contribution in [0.25, 0.3) is 10.9 Å². The Balaban J connectivity index is 0.000000318. The Hall–Kier alpha value is -7.39. The zero-order chi connectivity index (χ0) is 61.0. The first-order valence-corrected chi connectivity index (χ1v) is 23.6. The summed E-state index contributed by atoms with van der Waals surface area (Å²) in [6.45, 7) is 0.758. The first-order chi connectivity index (χ1) is 37.6. The highest BCUT2D eigenvalue weighted by molar-refractivity contribution is 9.10. The van der Waals surface area contributed by atoms with E-state index in [1.165, 1.54) is 10.9 Å². The highest BCUT2D eigenvalue weighted by Gasteiger charge is 2.47. The van der Waals surface area contributed by atoms with Crippen LogP contribution in [-0.4, -0.2) is 6.15 Å². The van der Waals surface area contributed by atoms with Crippen LogP contribution in [0.5, 0.6) is 11.6 Å². The number of benzene rings is 7. The summed E-state index contributed by atoms with van der Waals surface area (Å²) >= 11 is 3.46. The van der Waals surface area contributed by atoms with Crippen LogP contribution in [0, 0.1) is 0 Å². The van der Waals surface area contributed by atoms with Crippen molar-refractivity contribution < 1.29 is 115 Å². The molecule has 0 N–H and O–H groups in total. The molecule has 0 unspecified atom stereocenters. The summed E-state index contributed by atoms with van der Waals surface area (Å²) in [5, 5.41) is 1.20. The van der Waals surface area contributed by atoms with Gasteiger partial charge in [0.05, 0.1) is 50.6 Å². The molecule has 434 valence electrons. The second-order valence-electron chi connectivity index (χ2n) is 18.1. The number of pyridine rings is 1. The molecule has 0 bridgehead atoms. The smallest absolute Gasteiger partial charge is 0.405 e. The van der Waals surface area contributed by atoms with E-state index in [4.69, 9.17) is 4.74 Å². The lowest BCUT2D eigenvalue weighted by atomic mass is 9.12. The van der Waals surface area contributed by atoms with Crippen LogP contribution in [0.15, 0.2) is 168 Å². The van der Waals surface area contributed by atoms with Crippen LogP contribution in [0.4, 0.5) is 105 Å². The van der Waals surface area contributed by atoms with Crippen LogP contribution >= 0.6 is 15.9 Å². The number of para-hydroxylation sites is 1. The minimum atomic E-state index is -6.13. The lowest BCUT2D eigenvalue weighted by Crippen LogP contribution is -2.75. The molecular weight excluding hydrogens is 1230 g/mol. The van der Waals surface area contributed by atoms with Gasteiger partial charge in [-0.1, -0.05) is 107 Å². The maximum absolute atomic E-state index is 14.2. The summed E-state index contributed by atoms with van der Waals surface area (Å²) in [5.41, 5.74) is -27.8. The number of halogens is 25. The molecule has 0 aliphatic rings. The van der Waals surface area contributed by atoms with Crippen molar-refractivity contribution in [3.05, 3.63) is 218 Å². The van der Waals surface area contributed by atoms with Crippen LogP contribution in [0.2, 0.25) is 0 Å². The van der Waals surface area contributed by atoms with E-state index in [0.29, 0.717) is 0 Å². The second kappa shape index (κ2) is 22.1.